The second-order valence-electron chi connectivity index (χ2n) is 8.70. The van der Waals surface area contributed by atoms with Gasteiger partial charge < -0.3 is 25.0 Å². The molecule has 0 aromatic heterocycles. The molecular formula is C25H28ClN3O6S. The summed E-state index contributed by atoms with van der Waals surface area (Å²) in [5, 5.41) is 6.13. The Labute approximate surface area is 216 Å². The van der Waals surface area contributed by atoms with E-state index in [-0.39, 0.29) is 31.0 Å². The topological polar surface area (TPSA) is 114 Å². The standard InChI is InChI=1S/C25H28ClN3O6S/c26-17-6-9-20(10-7-17)29(13-23(30)27-18-4-2-1-3-5-18)25(32)15-36(33)14-24(31)28-19-8-11-21-22(12-19)35-16-34-21/h6-12,18H,1-5,13-16H2,(H,27,30)(H,28,31). The highest BCUT2D eigenvalue weighted by Gasteiger charge is 2.24. The van der Waals surface area contributed by atoms with Crippen LogP contribution >= 0.6 is 11.6 Å². The molecule has 9 nitrogen and oxygen atoms in total. The lowest BCUT2D eigenvalue weighted by Gasteiger charge is -2.26. The quantitative estimate of drug-likeness (QED) is 0.511. The molecular weight excluding hydrogens is 506 g/mol. The van der Waals surface area contributed by atoms with Gasteiger partial charge in [0.25, 0.3) is 0 Å². The molecule has 3 amide bonds. The van der Waals surface area contributed by atoms with Crippen LogP contribution in [0.2, 0.25) is 5.02 Å². The Morgan fingerprint density at radius 3 is 2.42 bits per heavy atom. The summed E-state index contributed by atoms with van der Waals surface area (Å²) in [6, 6.07) is 11.5. The van der Waals surface area contributed by atoms with Crippen LogP contribution in [0.1, 0.15) is 32.1 Å². The van der Waals surface area contributed by atoms with E-state index in [2.05, 4.69) is 10.6 Å². The van der Waals surface area contributed by atoms with Gasteiger partial charge in [0.15, 0.2) is 11.5 Å². The van der Waals surface area contributed by atoms with Gasteiger partial charge in [-0.15, -0.1) is 0 Å². The summed E-state index contributed by atoms with van der Waals surface area (Å²) in [5.74, 6) is -1.00. The number of fused-ring (bicyclic) bond motifs is 1. The van der Waals surface area contributed by atoms with E-state index in [9.17, 15) is 18.6 Å². The monoisotopic (exact) mass is 533 g/mol. The zero-order valence-corrected chi connectivity index (χ0v) is 21.2. The Morgan fingerprint density at radius 1 is 0.944 bits per heavy atom. The maximum Gasteiger partial charge on any atom is 0.240 e. The van der Waals surface area contributed by atoms with Crippen molar-refractivity contribution in [1.29, 1.82) is 0 Å². The second kappa shape index (κ2) is 12.2. The SMILES string of the molecule is O=C(CS(=O)CC(=O)N(CC(=O)NC1CCCCC1)c1ccc(Cl)cc1)Nc1ccc2c(c1)OCO2. The van der Waals surface area contributed by atoms with Crippen molar-refractivity contribution in [2.45, 2.75) is 38.1 Å². The minimum Gasteiger partial charge on any atom is -0.454 e. The highest BCUT2D eigenvalue weighted by Crippen LogP contribution is 2.34. The molecule has 1 heterocycles. The van der Waals surface area contributed by atoms with E-state index >= 15 is 0 Å². The first-order valence-electron chi connectivity index (χ1n) is 11.8. The number of carbonyl (C=O) groups excluding carboxylic acids is 3. The van der Waals surface area contributed by atoms with Crippen LogP contribution in [0.5, 0.6) is 11.5 Å². The van der Waals surface area contributed by atoms with Crippen molar-refractivity contribution in [3.05, 3.63) is 47.5 Å². The average molecular weight is 534 g/mol. The lowest BCUT2D eigenvalue weighted by Crippen LogP contribution is -2.46. The Bertz CT molecular complexity index is 1140. The van der Waals surface area contributed by atoms with E-state index in [1.807, 2.05) is 0 Å². The lowest BCUT2D eigenvalue weighted by atomic mass is 9.95. The van der Waals surface area contributed by atoms with Crippen LogP contribution in [0.3, 0.4) is 0 Å². The van der Waals surface area contributed by atoms with Gasteiger partial charge in [0.2, 0.25) is 24.5 Å². The van der Waals surface area contributed by atoms with E-state index in [1.165, 1.54) is 4.90 Å². The van der Waals surface area contributed by atoms with E-state index in [1.54, 1.807) is 42.5 Å². The first-order valence-corrected chi connectivity index (χ1v) is 13.6. The van der Waals surface area contributed by atoms with Gasteiger partial charge in [-0.3, -0.25) is 18.6 Å². The molecule has 2 aromatic rings. The molecule has 0 bridgehead atoms. The normalized spacial score (nSPS) is 15.7. The highest BCUT2D eigenvalue weighted by molar-refractivity contribution is 7.86. The summed E-state index contributed by atoms with van der Waals surface area (Å²) >= 11 is 5.98. The van der Waals surface area contributed by atoms with Crippen molar-refractivity contribution >= 4 is 51.5 Å². The number of halogens is 1. The summed E-state index contributed by atoms with van der Waals surface area (Å²) in [7, 11) is -1.79. The summed E-state index contributed by atoms with van der Waals surface area (Å²) in [6.45, 7) is -0.0980. The summed E-state index contributed by atoms with van der Waals surface area (Å²) in [5.41, 5.74) is 0.930. The smallest absolute Gasteiger partial charge is 0.240 e. The van der Waals surface area contributed by atoms with E-state index in [0.717, 1.165) is 32.1 Å². The summed E-state index contributed by atoms with van der Waals surface area (Å²) in [6.07, 6.45) is 5.14. The molecule has 0 radical (unpaired) electrons. The minimum atomic E-state index is -1.79. The van der Waals surface area contributed by atoms with Gasteiger partial charge in [0.05, 0.1) is 0 Å². The van der Waals surface area contributed by atoms with Crippen LogP contribution in [0.4, 0.5) is 11.4 Å². The Hall–Kier alpha value is -3.11. The number of nitrogens with zero attached hydrogens (tertiary/aromatic N) is 1. The fourth-order valence-corrected chi connectivity index (χ4v) is 5.22. The third-order valence-corrected chi connectivity index (χ3v) is 7.35. The zero-order valence-electron chi connectivity index (χ0n) is 19.7. The maximum absolute atomic E-state index is 13.1. The first-order chi connectivity index (χ1) is 17.4. The van der Waals surface area contributed by atoms with Crippen LogP contribution in [-0.2, 0) is 25.2 Å². The maximum atomic E-state index is 13.1. The molecule has 1 fully saturated rings. The fraction of sp³-hybridized carbons (Fsp3) is 0.400. The number of rotatable bonds is 9. The number of ether oxygens (including phenoxy) is 2. The van der Waals surface area contributed by atoms with Crippen molar-refractivity contribution in [2.75, 3.05) is 35.1 Å². The predicted molar refractivity (Wildman–Crippen MR) is 138 cm³/mol. The predicted octanol–water partition coefficient (Wildman–Crippen LogP) is 3.24. The van der Waals surface area contributed by atoms with Crippen LogP contribution in [0.15, 0.2) is 42.5 Å². The molecule has 1 atom stereocenters. The third-order valence-electron chi connectivity index (χ3n) is 5.94. The molecule has 4 rings (SSSR count). The summed E-state index contributed by atoms with van der Waals surface area (Å²) < 4.78 is 23.2. The van der Waals surface area contributed by atoms with Crippen LogP contribution in [0.25, 0.3) is 0 Å². The Balaban J connectivity index is 1.35. The number of hydrogen-bond donors (Lipinski definition) is 2. The number of amides is 3. The minimum absolute atomic E-state index is 0.0995. The van der Waals surface area contributed by atoms with Gasteiger partial charge >= 0.3 is 0 Å². The average Bonchev–Trinajstić information content (AvgIpc) is 3.31. The van der Waals surface area contributed by atoms with Crippen LogP contribution in [-0.4, -0.2) is 52.8 Å². The molecule has 2 aromatic carbocycles. The molecule has 0 saturated heterocycles. The van der Waals surface area contributed by atoms with E-state index < -0.39 is 28.4 Å². The number of anilines is 2. The van der Waals surface area contributed by atoms with Gasteiger partial charge in [-0.1, -0.05) is 30.9 Å². The number of carbonyl (C=O) groups is 3. The largest absolute Gasteiger partial charge is 0.454 e. The molecule has 0 spiro atoms. The Kier molecular flexibility index (Phi) is 8.82. The number of benzene rings is 2. The molecule has 1 saturated carbocycles. The van der Waals surface area contributed by atoms with Crippen LogP contribution < -0.4 is 25.0 Å². The molecule has 1 aliphatic heterocycles. The van der Waals surface area contributed by atoms with Crippen molar-refractivity contribution in [1.82, 2.24) is 5.32 Å². The van der Waals surface area contributed by atoms with Gasteiger partial charge in [-0.05, 0) is 49.2 Å². The van der Waals surface area contributed by atoms with Crippen molar-refractivity contribution in [3.8, 4) is 11.5 Å². The van der Waals surface area contributed by atoms with Gasteiger partial charge in [-0.2, -0.15) is 0 Å². The molecule has 36 heavy (non-hydrogen) atoms. The van der Waals surface area contributed by atoms with Crippen molar-refractivity contribution in [3.63, 3.8) is 0 Å². The second-order valence-corrected chi connectivity index (χ2v) is 10.6. The van der Waals surface area contributed by atoms with Crippen LogP contribution in [0, 0.1) is 0 Å². The molecule has 1 unspecified atom stereocenters. The van der Waals surface area contributed by atoms with Crippen molar-refractivity contribution < 1.29 is 28.1 Å². The number of hydrogen-bond acceptors (Lipinski definition) is 6. The fourth-order valence-electron chi connectivity index (χ4n) is 4.19. The van der Waals surface area contributed by atoms with Crippen molar-refractivity contribution in [2.24, 2.45) is 0 Å². The van der Waals surface area contributed by atoms with Gasteiger partial charge in [-0.25, -0.2) is 0 Å². The van der Waals surface area contributed by atoms with Gasteiger partial charge in [0, 0.05) is 39.3 Å². The molecule has 2 aliphatic rings. The molecule has 192 valence electrons. The summed E-state index contributed by atoms with van der Waals surface area (Å²) in [4.78, 5) is 39.5. The Morgan fingerprint density at radius 2 is 1.67 bits per heavy atom. The van der Waals surface area contributed by atoms with E-state index in [4.69, 9.17) is 21.1 Å². The lowest BCUT2D eigenvalue weighted by molar-refractivity contribution is -0.123. The third kappa shape index (κ3) is 7.20. The highest BCUT2D eigenvalue weighted by atomic mass is 35.5. The molecule has 2 N–H and O–H groups in total. The molecule has 1 aliphatic carbocycles. The molecule has 11 heteroatoms. The van der Waals surface area contributed by atoms with E-state index in [0.29, 0.717) is 27.9 Å². The zero-order chi connectivity index (χ0) is 25.5. The van der Waals surface area contributed by atoms with Gasteiger partial charge in [0.1, 0.15) is 18.1 Å². The first kappa shape index (κ1) is 26.0. The number of nitrogens with one attached hydrogen (secondary N) is 2.